The van der Waals surface area contributed by atoms with Gasteiger partial charge in [0.15, 0.2) is 5.82 Å². The zero-order valence-electron chi connectivity index (χ0n) is 12.8. The molecule has 1 unspecified atom stereocenters. The monoisotopic (exact) mass is 340 g/mol. The first-order valence-corrected chi connectivity index (χ1v) is 8.64. The van der Waals surface area contributed by atoms with E-state index in [1.54, 1.807) is 12.1 Å². The Labute approximate surface area is 134 Å². The molecule has 1 atom stereocenters. The molecule has 0 aliphatic heterocycles. The molecule has 0 bridgehead atoms. The van der Waals surface area contributed by atoms with Crippen LogP contribution in [-0.4, -0.2) is 8.42 Å². The Balaban J connectivity index is 2.12. The van der Waals surface area contributed by atoms with E-state index < -0.39 is 21.7 Å². The lowest BCUT2D eigenvalue weighted by atomic mass is 9.99. The maximum atomic E-state index is 13.5. The van der Waals surface area contributed by atoms with Crippen LogP contribution in [0, 0.1) is 11.6 Å². The number of anilines is 1. The van der Waals surface area contributed by atoms with Gasteiger partial charge in [0.2, 0.25) is 0 Å². The Bertz CT molecular complexity index is 777. The quantitative estimate of drug-likeness (QED) is 0.787. The van der Waals surface area contributed by atoms with Crippen molar-refractivity contribution in [3.63, 3.8) is 0 Å². The summed E-state index contributed by atoms with van der Waals surface area (Å²) in [5, 5.41) is 0. The van der Waals surface area contributed by atoms with Gasteiger partial charge in [-0.1, -0.05) is 26.0 Å². The van der Waals surface area contributed by atoms with Gasteiger partial charge < -0.3 is 5.43 Å². The molecule has 0 spiro atoms. The molecular formula is C16H18F2N2O2S. The highest BCUT2D eigenvalue weighted by Gasteiger charge is 2.15. The van der Waals surface area contributed by atoms with Crippen LogP contribution in [0.4, 0.5) is 14.5 Å². The fourth-order valence-corrected chi connectivity index (χ4v) is 2.84. The van der Waals surface area contributed by atoms with E-state index in [1.807, 2.05) is 0 Å². The molecular weight excluding hydrogens is 322 g/mol. The summed E-state index contributed by atoms with van der Waals surface area (Å²) in [6.07, 6.45) is 0.954. The number of hydrogen-bond acceptors (Lipinski definition) is 3. The Morgan fingerprint density at radius 1 is 1.09 bits per heavy atom. The zero-order valence-corrected chi connectivity index (χ0v) is 13.6. The van der Waals surface area contributed by atoms with Gasteiger partial charge in [-0.25, -0.2) is 17.2 Å². The maximum absolute atomic E-state index is 13.5. The number of nitrogens with one attached hydrogen (secondary N) is 2. The molecule has 0 amide bonds. The average molecular weight is 340 g/mol. The van der Waals surface area contributed by atoms with Gasteiger partial charge in [-0.05, 0) is 42.2 Å². The van der Waals surface area contributed by atoms with Gasteiger partial charge in [0.25, 0.3) is 10.0 Å². The van der Waals surface area contributed by atoms with Gasteiger partial charge in [0.1, 0.15) is 5.82 Å². The number of hydrazine groups is 1. The lowest BCUT2D eigenvalue weighted by molar-refractivity contribution is 0.580. The summed E-state index contributed by atoms with van der Waals surface area (Å²) in [5.41, 5.74) is 3.13. The summed E-state index contributed by atoms with van der Waals surface area (Å²) in [6.45, 7) is 4.11. The average Bonchev–Trinajstić information content (AvgIpc) is 2.53. The molecule has 2 N–H and O–H groups in total. The minimum atomic E-state index is -3.86. The van der Waals surface area contributed by atoms with Crippen LogP contribution in [0.2, 0.25) is 0 Å². The first-order chi connectivity index (χ1) is 10.8. The smallest absolute Gasteiger partial charge is 0.257 e. The normalized spacial score (nSPS) is 12.9. The van der Waals surface area contributed by atoms with Crippen LogP contribution in [0.15, 0.2) is 47.4 Å². The van der Waals surface area contributed by atoms with E-state index >= 15 is 0 Å². The Morgan fingerprint density at radius 3 is 2.30 bits per heavy atom. The van der Waals surface area contributed by atoms with Crippen molar-refractivity contribution < 1.29 is 17.2 Å². The predicted octanol–water partition coefficient (Wildman–Crippen LogP) is 3.78. The molecule has 0 aliphatic carbocycles. The molecule has 0 fully saturated rings. The zero-order chi connectivity index (χ0) is 17.0. The van der Waals surface area contributed by atoms with E-state index in [1.165, 1.54) is 12.1 Å². The molecule has 2 rings (SSSR count). The van der Waals surface area contributed by atoms with Gasteiger partial charge in [-0.2, -0.15) is 0 Å². The largest absolute Gasteiger partial charge is 0.305 e. The van der Waals surface area contributed by atoms with Crippen LogP contribution < -0.4 is 10.3 Å². The standard InChI is InChI=1S/C16H18F2N2O2S/c1-3-11(2)12-4-7-14(8-5-12)23(21,22)20-19-16-9-6-13(17)10-15(16)18/h4-11,19-20H,3H2,1-2H3. The number of benzene rings is 2. The molecule has 2 aromatic carbocycles. The summed E-state index contributed by atoms with van der Waals surface area (Å²) < 4.78 is 50.6. The summed E-state index contributed by atoms with van der Waals surface area (Å²) in [5.74, 6) is -1.29. The van der Waals surface area contributed by atoms with Gasteiger partial charge in [0.05, 0.1) is 10.6 Å². The minimum Gasteiger partial charge on any atom is -0.305 e. The lowest BCUT2D eigenvalue weighted by Gasteiger charge is -2.12. The molecule has 0 heterocycles. The van der Waals surface area contributed by atoms with Gasteiger partial charge >= 0.3 is 0 Å². The summed E-state index contributed by atoms with van der Waals surface area (Å²) in [4.78, 5) is 2.13. The second-order valence-corrected chi connectivity index (χ2v) is 6.92. The first kappa shape index (κ1) is 17.4. The van der Waals surface area contributed by atoms with Crippen LogP contribution in [-0.2, 0) is 10.0 Å². The van der Waals surface area contributed by atoms with Crippen molar-refractivity contribution in [2.75, 3.05) is 5.43 Å². The second-order valence-electron chi connectivity index (χ2n) is 5.23. The fraction of sp³-hybridized carbons (Fsp3) is 0.250. The van der Waals surface area contributed by atoms with E-state index in [0.717, 1.165) is 24.1 Å². The van der Waals surface area contributed by atoms with E-state index in [0.29, 0.717) is 12.0 Å². The van der Waals surface area contributed by atoms with Crippen molar-refractivity contribution in [3.05, 3.63) is 59.7 Å². The molecule has 0 saturated carbocycles. The molecule has 0 saturated heterocycles. The van der Waals surface area contributed by atoms with Gasteiger partial charge in [0, 0.05) is 6.07 Å². The summed E-state index contributed by atoms with van der Waals surface area (Å²) in [7, 11) is -3.86. The van der Waals surface area contributed by atoms with Crippen molar-refractivity contribution in [1.29, 1.82) is 0 Å². The van der Waals surface area contributed by atoms with Gasteiger partial charge in [-0.15, -0.1) is 4.83 Å². The van der Waals surface area contributed by atoms with E-state index in [9.17, 15) is 17.2 Å². The van der Waals surface area contributed by atoms with Crippen molar-refractivity contribution >= 4 is 15.7 Å². The van der Waals surface area contributed by atoms with Crippen LogP contribution in [0.3, 0.4) is 0 Å². The number of hydrogen-bond donors (Lipinski definition) is 2. The number of rotatable bonds is 6. The highest BCUT2D eigenvalue weighted by Crippen LogP contribution is 2.20. The molecule has 23 heavy (non-hydrogen) atoms. The van der Waals surface area contributed by atoms with Crippen molar-refractivity contribution in [1.82, 2.24) is 4.83 Å². The first-order valence-electron chi connectivity index (χ1n) is 7.16. The highest BCUT2D eigenvalue weighted by atomic mass is 32.2. The topological polar surface area (TPSA) is 58.2 Å². The molecule has 2 aromatic rings. The van der Waals surface area contributed by atoms with Crippen molar-refractivity contribution in [2.24, 2.45) is 0 Å². The molecule has 0 aliphatic rings. The van der Waals surface area contributed by atoms with Crippen LogP contribution in [0.25, 0.3) is 0 Å². The Kier molecular flexibility index (Phi) is 5.33. The van der Waals surface area contributed by atoms with Crippen LogP contribution in [0.5, 0.6) is 0 Å². The minimum absolute atomic E-state index is 0.0552. The summed E-state index contributed by atoms with van der Waals surface area (Å²) in [6, 6.07) is 9.29. The van der Waals surface area contributed by atoms with Crippen LogP contribution >= 0.6 is 0 Å². The third-order valence-electron chi connectivity index (χ3n) is 3.62. The fourth-order valence-electron chi connectivity index (χ4n) is 1.98. The maximum Gasteiger partial charge on any atom is 0.257 e. The molecule has 7 heteroatoms. The predicted molar refractivity (Wildman–Crippen MR) is 85.5 cm³/mol. The Hall–Kier alpha value is -1.99. The third-order valence-corrected chi connectivity index (χ3v) is 4.89. The molecule has 0 radical (unpaired) electrons. The second kappa shape index (κ2) is 7.06. The van der Waals surface area contributed by atoms with Crippen molar-refractivity contribution in [3.8, 4) is 0 Å². The number of sulfonamides is 1. The van der Waals surface area contributed by atoms with Crippen molar-refractivity contribution in [2.45, 2.75) is 31.1 Å². The molecule has 4 nitrogen and oxygen atoms in total. The van der Waals surface area contributed by atoms with Gasteiger partial charge in [-0.3, -0.25) is 0 Å². The molecule has 124 valence electrons. The third kappa shape index (κ3) is 4.27. The SMILES string of the molecule is CCC(C)c1ccc(S(=O)(=O)NNc2ccc(F)cc2F)cc1. The van der Waals surface area contributed by atoms with E-state index in [-0.39, 0.29) is 10.6 Å². The van der Waals surface area contributed by atoms with E-state index in [4.69, 9.17) is 0 Å². The van der Waals surface area contributed by atoms with Crippen LogP contribution in [0.1, 0.15) is 31.7 Å². The molecule has 0 aromatic heterocycles. The number of halogens is 2. The Morgan fingerprint density at radius 2 is 1.74 bits per heavy atom. The summed E-state index contributed by atoms with van der Waals surface area (Å²) >= 11 is 0. The van der Waals surface area contributed by atoms with E-state index in [2.05, 4.69) is 24.1 Å². The highest BCUT2D eigenvalue weighted by molar-refractivity contribution is 7.89. The lowest BCUT2D eigenvalue weighted by Crippen LogP contribution is -2.30.